The van der Waals surface area contributed by atoms with Gasteiger partial charge in [0.05, 0.1) is 18.7 Å². The van der Waals surface area contributed by atoms with Crippen LogP contribution in [0.4, 0.5) is 0 Å². The van der Waals surface area contributed by atoms with Gasteiger partial charge in [-0.05, 0) is 28.8 Å². The molecule has 1 unspecified atom stereocenters. The van der Waals surface area contributed by atoms with Crippen molar-refractivity contribution in [2.45, 2.75) is 12.6 Å². The van der Waals surface area contributed by atoms with E-state index in [9.17, 15) is 4.79 Å². The Morgan fingerprint density at radius 2 is 1.70 bits per heavy atom. The van der Waals surface area contributed by atoms with E-state index in [1.54, 1.807) is 0 Å². The minimum absolute atomic E-state index is 0.212. The summed E-state index contributed by atoms with van der Waals surface area (Å²) in [5, 5.41) is 0. The van der Waals surface area contributed by atoms with Crippen molar-refractivity contribution in [1.29, 1.82) is 0 Å². The lowest BCUT2D eigenvalue weighted by molar-refractivity contribution is -0.136. The first kappa shape index (κ1) is 21.1. The number of hydrogen-bond donors (Lipinski definition) is 0. The third-order valence-electron chi connectivity index (χ3n) is 5.92. The number of methoxy groups -OCH3 is 1. The number of esters is 1. The van der Waals surface area contributed by atoms with E-state index in [1.165, 1.54) is 12.7 Å². The van der Waals surface area contributed by atoms with Crippen LogP contribution < -0.4 is 14.2 Å². The summed E-state index contributed by atoms with van der Waals surface area (Å²) < 4.78 is 22.1. The molecule has 0 amide bonds. The molecule has 1 atom stereocenters. The van der Waals surface area contributed by atoms with Gasteiger partial charge in [-0.25, -0.2) is 4.79 Å². The van der Waals surface area contributed by atoms with Crippen LogP contribution in [0.5, 0.6) is 17.2 Å². The third-order valence-corrected chi connectivity index (χ3v) is 5.92. The number of benzene rings is 3. The van der Waals surface area contributed by atoms with E-state index in [2.05, 4.69) is 17.0 Å². The highest BCUT2D eigenvalue weighted by atomic mass is 16.7. The molecule has 0 aromatic heterocycles. The molecule has 33 heavy (non-hydrogen) atoms. The standard InChI is InChI=1S/C27H25NO5/c1-30-27(29)25-21(17-31-22-12-13-23-24(14-22)33-18-32-23)16-28(15-19-8-4-2-5-9-19)26(25)20-10-6-3-7-11-20/h2-14,26H,15-18H2,1H3. The molecule has 5 rings (SSSR count). The molecule has 3 aromatic rings. The minimum atomic E-state index is -0.330. The van der Waals surface area contributed by atoms with Crippen molar-refractivity contribution >= 4 is 5.97 Å². The first-order valence-electron chi connectivity index (χ1n) is 10.9. The van der Waals surface area contributed by atoms with Gasteiger partial charge in [0.25, 0.3) is 0 Å². The fourth-order valence-electron chi connectivity index (χ4n) is 4.40. The summed E-state index contributed by atoms with van der Waals surface area (Å²) in [4.78, 5) is 15.3. The lowest BCUT2D eigenvalue weighted by Crippen LogP contribution is -2.27. The highest BCUT2D eigenvalue weighted by Gasteiger charge is 2.38. The normalized spacial score (nSPS) is 17.3. The number of rotatable bonds is 7. The largest absolute Gasteiger partial charge is 0.489 e. The van der Waals surface area contributed by atoms with Crippen LogP contribution in [0.15, 0.2) is 90.0 Å². The number of carbonyl (C=O) groups excluding carboxylic acids is 1. The van der Waals surface area contributed by atoms with Gasteiger partial charge in [-0.3, -0.25) is 4.90 Å². The highest BCUT2D eigenvalue weighted by molar-refractivity contribution is 5.92. The maximum atomic E-state index is 13.0. The average molecular weight is 443 g/mol. The predicted octanol–water partition coefficient (Wildman–Crippen LogP) is 4.52. The third kappa shape index (κ3) is 4.43. The lowest BCUT2D eigenvalue weighted by Gasteiger charge is -2.26. The number of fused-ring (bicyclic) bond motifs is 1. The van der Waals surface area contributed by atoms with Crippen LogP contribution in [0.25, 0.3) is 0 Å². The molecular weight excluding hydrogens is 418 g/mol. The molecule has 0 aliphatic carbocycles. The van der Waals surface area contributed by atoms with Gasteiger partial charge in [0.2, 0.25) is 6.79 Å². The van der Waals surface area contributed by atoms with Gasteiger partial charge in [0.1, 0.15) is 12.4 Å². The molecule has 2 aliphatic rings. The zero-order chi connectivity index (χ0) is 22.6. The van der Waals surface area contributed by atoms with E-state index in [0.717, 1.165) is 11.1 Å². The number of nitrogens with zero attached hydrogens (tertiary/aromatic N) is 1. The number of carbonyl (C=O) groups is 1. The summed E-state index contributed by atoms with van der Waals surface area (Å²) in [6.07, 6.45) is 0. The van der Waals surface area contributed by atoms with Gasteiger partial charge in [0, 0.05) is 19.2 Å². The number of hydrogen-bond acceptors (Lipinski definition) is 6. The Labute approximate surface area is 193 Å². The fourth-order valence-corrected chi connectivity index (χ4v) is 4.40. The molecule has 0 fully saturated rings. The molecule has 0 saturated heterocycles. The molecule has 6 heteroatoms. The van der Waals surface area contributed by atoms with E-state index < -0.39 is 0 Å². The Kier molecular flexibility index (Phi) is 6.00. The average Bonchev–Trinajstić information content (AvgIpc) is 3.47. The monoisotopic (exact) mass is 443 g/mol. The molecule has 0 spiro atoms. The van der Waals surface area contributed by atoms with Gasteiger partial charge < -0.3 is 18.9 Å². The Bertz CT molecular complexity index is 1160. The molecule has 3 aromatic carbocycles. The molecule has 2 aliphatic heterocycles. The Balaban J connectivity index is 1.45. The number of ether oxygens (including phenoxy) is 4. The summed E-state index contributed by atoms with van der Waals surface area (Å²) in [5.74, 6) is 1.70. The van der Waals surface area contributed by atoms with E-state index in [0.29, 0.717) is 35.9 Å². The molecule has 6 nitrogen and oxygen atoms in total. The van der Waals surface area contributed by atoms with Crippen molar-refractivity contribution in [2.24, 2.45) is 0 Å². The Morgan fingerprint density at radius 1 is 0.970 bits per heavy atom. The smallest absolute Gasteiger partial charge is 0.335 e. The highest BCUT2D eigenvalue weighted by Crippen LogP contribution is 2.40. The molecule has 2 heterocycles. The Hall–Kier alpha value is -3.77. The van der Waals surface area contributed by atoms with Crippen molar-refractivity contribution < 1.29 is 23.7 Å². The van der Waals surface area contributed by atoms with Gasteiger partial charge in [-0.15, -0.1) is 0 Å². The zero-order valence-electron chi connectivity index (χ0n) is 18.4. The summed E-state index contributed by atoms with van der Waals surface area (Å²) in [6, 6.07) is 25.6. The predicted molar refractivity (Wildman–Crippen MR) is 123 cm³/mol. The van der Waals surface area contributed by atoms with Crippen LogP contribution in [0.2, 0.25) is 0 Å². The van der Waals surface area contributed by atoms with Crippen molar-refractivity contribution in [3.8, 4) is 17.2 Å². The van der Waals surface area contributed by atoms with Crippen molar-refractivity contribution in [2.75, 3.05) is 27.1 Å². The molecule has 168 valence electrons. The van der Waals surface area contributed by atoms with Crippen LogP contribution in [0, 0.1) is 0 Å². The maximum Gasteiger partial charge on any atom is 0.335 e. The lowest BCUT2D eigenvalue weighted by atomic mass is 9.97. The summed E-state index contributed by atoms with van der Waals surface area (Å²) >= 11 is 0. The van der Waals surface area contributed by atoms with E-state index >= 15 is 0 Å². The van der Waals surface area contributed by atoms with Crippen LogP contribution >= 0.6 is 0 Å². The summed E-state index contributed by atoms with van der Waals surface area (Å²) in [6.45, 7) is 1.79. The van der Waals surface area contributed by atoms with E-state index in [4.69, 9.17) is 18.9 Å². The second kappa shape index (κ2) is 9.38. The fraction of sp³-hybridized carbons (Fsp3) is 0.222. The van der Waals surface area contributed by atoms with Crippen molar-refractivity contribution in [3.63, 3.8) is 0 Å². The van der Waals surface area contributed by atoms with Gasteiger partial charge >= 0.3 is 5.97 Å². The molecule has 0 radical (unpaired) electrons. The zero-order valence-corrected chi connectivity index (χ0v) is 18.4. The van der Waals surface area contributed by atoms with Crippen LogP contribution in [-0.4, -0.2) is 37.9 Å². The minimum Gasteiger partial charge on any atom is -0.489 e. The van der Waals surface area contributed by atoms with Crippen LogP contribution in [0.3, 0.4) is 0 Å². The van der Waals surface area contributed by atoms with Gasteiger partial charge in [-0.1, -0.05) is 60.7 Å². The molecule has 0 bridgehead atoms. The molecular formula is C27H25NO5. The molecule has 0 saturated carbocycles. The van der Waals surface area contributed by atoms with Gasteiger partial charge in [-0.2, -0.15) is 0 Å². The quantitative estimate of drug-likeness (QED) is 0.501. The first-order chi connectivity index (χ1) is 16.2. The second-order valence-electron chi connectivity index (χ2n) is 8.02. The van der Waals surface area contributed by atoms with Crippen LogP contribution in [0.1, 0.15) is 17.2 Å². The van der Waals surface area contributed by atoms with E-state index in [-0.39, 0.29) is 25.4 Å². The van der Waals surface area contributed by atoms with Crippen LogP contribution in [-0.2, 0) is 16.1 Å². The topological polar surface area (TPSA) is 57.2 Å². The molecule has 0 N–H and O–H groups in total. The second-order valence-corrected chi connectivity index (χ2v) is 8.02. The van der Waals surface area contributed by atoms with E-state index in [1.807, 2.05) is 66.7 Å². The van der Waals surface area contributed by atoms with Gasteiger partial charge in [0.15, 0.2) is 11.5 Å². The summed E-state index contributed by atoms with van der Waals surface area (Å²) in [5.41, 5.74) is 3.78. The Morgan fingerprint density at radius 3 is 2.45 bits per heavy atom. The van der Waals surface area contributed by atoms with Crippen molar-refractivity contribution in [3.05, 3.63) is 101 Å². The van der Waals surface area contributed by atoms with Crippen molar-refractivity contribution in [1.82, 2.24) is 4.90 Å². The maximum absolute atomic E-state index is 13.0. The SMILES string of the molecule is COC(=O)C1=C(COc2ccc3c(c2)OCO3)CN(Cc2ccccc2)C1c1ccccc1. The first-order valence-corrected chi connectivity index (χ1v) is 10.9. The summed E-state index contributed by atoms with van der Waals surface area (Å²) in [7, 11) is 1.42.